The van der Waals surface area contributed by atoms with Crippen LogP contribution in [0.1, 0.15) is 17.3 Å². The van der Waals surface area contributed by atoms with E-state index in [2.05, 4.69) is 5.48 Å². The Kier molecular flexibility index (Phi) is 3.28. The normalized spacial score (nSPS) is 9.62. The molecule has 0 saturated carbocycles. The Morgan fingerprint density at radius 3 is 2.85 bits per heavy atom. The number of hydroxylamine groups is 1. The molecule has 0 heterocycles. The van der Waals surface area contributed by atoms with Crippen molar-refractivity contribution < 1.29 is 9.63 Å². The highest BCUT2D eigenvalue weighted by atomic mass is 16.6. The van der Waals surface area contributed by atoms with E-state index >= 15 is 0 Å². The summed E-state index contributed by atoms with van der Waals surface area (Å²) in [6.45, 7) is 2.22. The van der Waals surface area contributed by atoms with Crippen molar-refractivity contribution in [2.24, 2.45) is 0 Å². The number of rotatable bonds is 3. The van der Waals surface area contributed by atoms with Crippen molar-refractivity contribution in [2.75, 3.05) is 12.3 Å². The van der Waals surface area contributed by atoms with E-state index in [9.17, 15) is 4.79 Å². The molecule has 0 spiro atoms. The molecule has 0 aliphatic heterocycles. The fraction of sp³-hybridized carbons (Fsp3) is 0.222. The third kappa shape index (κ3) is 2.45. The van der Waals surface area contributed by atoms with Crippen LogP contribution in [0.3, 0.4) is 0 Å². The number of benzene rings is 1. The molecule has 4 heteroatoms. The van der Waals surface area contributed by atoms with Gasteiger partial charge in [0.25, 0.3) is 5.91 Å². The molecule has 70 valence electrons. The first-order valence-corrected chi connectivity index (χ1v) is 4.02. The van der Waals surface area contributed by atoms with Crippen LogP contribution < -0.4 is 11.2 Å². The molecule has 0 aliphatic rings. The summed E-state index contributed by atoms with van der Waals surface area (Å²) in [4.78, 5) is 16.1. The van der Waals surface area contributed by atoms with Crippen molar-refractivity contribution in [3.05, 3.63) is 29.8 Å². The molecular weight excluding hydrogens is 168 g/mol. The molecule has 1 aromatic rings. The molecule has 0 atom stereocenters. The summed E-state index contributed by atoms with van der Waals surface area (Å²) in [5, 5.41) is 0. The molecule has 0 radical (unpaired) electrons. The van der Waals surface area contributed by atoms with Gasteiger partial charge < -0.3 is 5.73 Å². The number of nitrogens with one attached hydrogen (secondary N) is 1. The standard InChI is InChI=1S/C9H12N2O2/c1-2-13-11-9(12)7-5-3-4-6-8(7)10/h3-6H,2,10H2,1H3,(H,11,12). The van der Waals surface area contributed by atoms with Crippen LogP contribution >= 0.6 is 0 Å². The number of nitrogen functional groups attached to an aromatic ring is 1. The number of anilines is 1. The highest BCUT2D eigenvalue weighted by Gasteiger charge is 2.07. The summed E-state index contributed by atoms with van der Waals surface area (Å²) < 4.78 is 0. The number of nitrogens with two attached hydrogens (primary N) is 1. The molecule has 0 unspecified atom stereocenters. The van der Waals surface area contributed by atoms with E-state index in [0.717, 1.165) is 0 Å². The fourth-order valence-corrected chi connectivity index (χ4v) is 0.896. The van der Waals surface area contributed by atoms with Gasteiger partial charge in [0.1, 0.15) is 0 Å². The molecular formula is C9H12N2O2. The molecule has 1 rings (SSSR count). The van der Waals surface area contributed by atoms with E-state index in [1.807, 2.05) is 0 Å². The minimum absolute atomic E-state index is 0.319. The minimum Gasteiger partial charge on any atom is -0.398 e. The lowest BCUT2D eigenvalue weighted by Crippen LogP contribution is -2.24. The number of carbonyl (C=O) groups excluding carboxylic acids is 1. The van der Waals surface area contributed by atoms with Gasteiger partial charge in [-0.2, -0.15) is 0 Å². The predicted molar refractivity (Wildman–Crippen MR) is 49.9 cm³/mol. The maximum absolute atomic E-state index is 11.3. The summed E-state index contributed by atoms with van der Waals surface area (Å²) in [6.07, 6.45) is 0. The first-order valence-electron chi connectivity index (χ1n) is 4.02. The van der Waals surface area contributed by atoms with E-state index in [1.54, 1.807) is 31.2 Å². The lowest BCUT2D eigenvalue weighted by Gasteiger charge is -2.05. The monoisotopic (exact) mass is 180 g/mol. The van der Waals surface area contributed by atoms with Crippen LogP contribution in [-0.4, -0.2) is 12.5 Å². The van der Waals surface area contributed by atoms with Crippen molar-refractivity contribution in [1.82, 2.24) is 5.48 Å². The van der Waals surface area contributed by atoms with Gasteiger partial charge in [-0.25, -0.2) is 5.48 Å². The number of hydrogen-bond acceptors (Lipinski definition) is 3. The zero-order chi connectivity index (χ0) is 9.68. The number of hydrogen-bond donors (Lipinski definition) is 2. The number of amides is 1. The zero-order valence-electron chi connectivity index (χ0n) is 7.41. The second kappa shape index (κ2) is 4.47. The van der Waals surface area contributed by atoms with E-state index < -0.39 is 0 Å². The number of para-hydroxylation sites is 1. The molecule has 0 bridgehead atoms. The Bertz CT molecular complexity index is 299. The van der Waals surface area contributed by atoms with Crippen LogP contribution in [0.2, 0.25) is 0 Å². The second-order valence-electron chi connectivity index (χ2n) is 2.45. The van der Waals surface area contributed by atoms with Crippen LogP contribution in [0.4, 0.5) is 5.69 Å². The van der Waals surface area contributed by atoms with Crippen LogP contribution in [0.15, 0.2) is 24.3 Å². The molecule has 13 heavy (non-hydrogen) atoms. The van der Waals surface area contributed by atoms with Gasteiger partial charge in [0.15, 0.2) is 0 Å². The highest BCUT2D eigenvalue weighted by Crippen LogP contribution is 2.09. The average molecular weight is 180 g/mol. The van der Waals surface area contributed by atoms with E-state index in [4.69, 9.17) is 10.6 Å². The SMILES string of the molecule is CCONC(=O)c1ccccc1N. The summed E-state index contributed by atoms with van der Waals surface area (Å²) in [6, 6.07) is 6.83. The molecule has 0 saturated heterocycles. The Morgan fingerprint density at radius 1 is 1.54 bits per heavy atom. The lowest BCUT2D eigenvalue weighted by atomic mass is 10.2. The van der Waals surface area contributed by atoms with Gasteiger partial charge in [0, 0.05) is 5.69 Å². The van der Waals surface area contributed by atoms with Crippen LogP contribution in [0.25, 0.3) is 0 Å². The van der Waals surface area contributed by atoms with Gasteiger partial charge in [0.05, 0.1) is 12.2 Å². The van der Waals surface area contributed by atoms with Crippen LogP contribution in [0, 0.1) is 0 Å². The lowest BCUT2D eigenvalue weighted by molar-refractivity contribution is 0.0365. The Morgan fingerprint density at radius 2 is 2.23 bits per heavy atom. The predicted octanol–water partition coefficient (Wildman–Crippen LogP) is 0.950. The quantitative estimate of drug-likeness (QED) is 0.537. The molecule has 0 aromatic heterocycles. The third-order valence-corrected chi connectivity index (χ3v) is 1.51. The van der Waals surface area contributed by atoms with Gasteiger partial charge in [-0.05, 0) is 19.1 Å². The van der Waals surface area contributed by atoms with E-state index in [0.29, 0.717) is 17.9 Å². The van der Waals surface area contributed by atoms with Gasteiger partial charge in [0.2, 0.25) is 0 Å². The maximum atomic E-state index is 11.3. The summed E-state index contributed by atoms with van der Waals surface area (Å²) >= 11 is 0. The van der Waals surface area contributed by atoms with Crippen molar-refractivity contribution in [1.29, 1.82) is 0 Å². The Balaban J connectivity index is 2.71. The summed E-state index contributed by atoms with van der Waals surface area (Å²) in [5.74, 6) is -0.319. The molecule has 3 N–H and O–H groups in total. The minimum atomic E-state index is -0.319. The smallest absolute Gasteiger partial charge is 0.276 e. The van der Waals surface area contributed by atoms with Crippen molar-refractivity contribution in [2.45, 2.75) is 6.92 Å². The van der Waals surface area contributed by atoms with Gasteiger partial charge in [-0.15, -0.1) is 0 Å². The van der Waals surface area contributed by atoms with Gasteiger partial charge in [-0.1, -0.05) is 12.1 Å². The summed E-state index contributed by atoms with van der Waals surface area (Å²) in [7, 11) is 0. The first-order chi connectivity index (χ1) is 6.25. The topological polar surface area (TPSA) is 64.3 Å². The van der Waals surface area contributed by atoms with Crippen molar-refractivity contribution >= 4 is 11.6 Å². The van der Waals surface area contributed by atoms with Crippen molar-refractivity contribution in [3.8, 4) is 0 Å². The highest BCUT2D eigenvalue weighted by molar-refractivity contribution is 5.98. The second-order valence-corrected chi connectivity index (χ2v) is 2.45. The van der Waals surface area contributed by atoms with Crippen LogP contribution in [0.5, 0.6) is 0 Å². The zero-order valence-corrected chi connectivity index (χ0v) is 7.41. The third-order valence-electron chi connectivity index (χ3n) is 1.51. The van der Waals surface area contributed by atoms with E-state index in [-0.39, 0.29) is 5.91 Å². The number of carbonyl (C=O) groups is 1. The summed E-state index contributed by atoms with van der Waals surface area (Å²) in [5.41, 5.74) is 8.72. The van der Waals surface area contributed by atoms with Crippen molar-refractivity contribution in [3.63, 3.8) is 0 Å². The Labute approximate surface area is 76.6 Å². The molecule has 0 aliphatic carbocycles. The maximum Gasteiger partial charge on any atom is 0.276 e. The fourth-order valence-electron chi connectivity index (χ4n) is 0.896. The molecule has 1 aromatic carbocycles. The largest absolute Gasteiger partial charge is 0.398 e. The molecule has 1 amide bonds. The van der Waals surface area contributed by atoms with Gasteiger partial charge >= 0.3 is 0 Å². The average Bonchev–Trinajstić information content (AvgIpc) is 2.15. The Hall–Kier alpha value is -1.55. The van der Waals surface area contributed by atoms with E-state index in [1.165, 1.54) is 0 Å². The first kappa shape index (κ1) is 9.54. The van der Waals surface area contributed by atoms with Crippen LogP contribution in [-0.2, 0) is 4.84 Å². The molecule has 4 nitrogen and oxygen atoms in total. The van der Waals surface area contributed by atoms with Gasteiger partial charge in [-0.3, -0.25) is 9.63 Å². The molecule has 0 fully saturated rings.